The van der Waals surface area contributed by atoms with E-state index in [0.717, 1.165) is 38.0 Å². The molecule has 2 atom stereocenters. The number of rotatable bonds is 5. The molecule has 0 aliphatic carbocycles. The fourth-order valence-corrected chi connectivity index (χ4v) is 2.86. The normalized spacial score (nSPS) is 21.3. The molecule has 1 aromatic rings. The second kappa shape index (κ2) is 7.22. The first-order valence-electron chi connectivity index (χ1n) is 6.99. The van der Waals surface area contributed by atoms with E-state index >= 15 is 0 Å². The van der Waals surface area contributed by atoms with Gasteiger partial charge < -0.3 is 10.1 Å². The van der Waals surface area contributed by atoms with E-state index in [1.54, 1.807) is 6.07 Å². The molecule has 2 unspecified atom stereocenters. The molecular formula is C15H21ClFNO. The summed E-state index contributed by atoms with van der Waals surface area (Å²) in [6, 6.07) is 5.11. The predicted molar refractivity (Wildman–Crippen MR) is 76.0 cm³/mol. The van der Waals surface area contributed by atoms with Gasteiger partial charge in [0.1, 0.15) is 5.82 Å². The van der Waals surface area contributed by atoms with E-state index in [0.29, 0.717) is 12.5 Å². The summed E-state index contributed by atoms with van der Waals surface area (Å²) in [5.74, 6) is 0.0128. The van der Waals surface area contributed by atoms with E-state index in [1.165, 1.54) is 6.07 Å². The third-order valence-electron chi connectivity index (χ3n) is 3.60. The Balaban J connectivity index is 2.22. The molecule has 1 aliphatic heterocycles. The Kier molecular flexibility index (Phi) is 5.61. The predicted octanol–water partition coefficient (Wildman–Crippen LogP) is 3.95. The minimum Gasteiger partial charge on any atom is -0.381 e. The van der Waals surface area contributed by atoms with Crippen LogP contribution in [0.15, 0.2) is 18.2 Å². The molecule has 0 amide bonds. The molecule has 1 fully saturated rings. The molecule has 106 valence electrons. The number of halogens is 2. The highest BCUT2D eigenvalue weighted by molar-refractivity contribution is 6.31. The van der Waals surface area contributed by atoms with Crippen molar-refractivity contribution in [2.45, 2.75) is 32.2 Å². The number of ether oxygens (including phenoxy) is 1. The van der Waals surface area contributed by atoms with Crippen molar-refractivity contribution < 1.29 is 9.13 Å². The van der Waals surface area contributed by atoms with Crippen LogP contribution in [0.1, 0.15) is 37.8 Å². The topological polar surface area (TPSA) is 21.3 Å². The van der Waals surface area contributed by atoms with E-state index in [-0.39, 0.29) is 16.9 Å². The molecule has 0 saturated carbocycles. The monoisotopic (exact) mass is 285 g/mol. The summed E-state index contributed by atoms with van der Waals surface area (Å²) < 4.78 is 19.2. The molecule has 19 heavy (non-hydrogen) atoms. The zero-order chi connectivity index (χ0) is 13.7. The van der Waals surface area contributed by atoms with Crippen molar-refractivity contribution in [2.24, 2.45) is 5.92 Å². The van der Waals surface area contributed by atoms with E-state index in [2.05, 4.69) is 12.2 Å². The number of benzene rings is 1. The molecule has 4 heteroatoms. The van der Waals surface area contributed by atoms with Gasteiger partial charge in [0.05, 0.1) is 11.6 Å². The molecule has 0 bridgehead atoms. The van der Waals surface area contributed by atoms with Crippen LogP contribution in [0.4, 0.5) is 4.39 Å². The Hall–Kier alpha value is -0.640. The van der Waals surface area contributed by atoms with E-state index in [4.69, 9.17) is 16.3 Å². The number of hydrogen-bond acceptors (Lipinski definition) is 2. The van der Waals surface area contributed by atoms with Gasteiger partial charge >= 0.3 is 0 Å². The van der Waals surface area contributed by atoms with Crippen LogP contribution in [0, 0.1) is 11.7 Å². The molecular weight excluding hydrogens is 265 g/mol. The summed E-state index contributed by atoms with van der Waals surface area (Å²) in [6.45, 7) is 4.56. The molecule has 1 N–H and O–H groups in total. The Morgan fingerprint density at radius 3 is 3.05 bits per heavy atom. The highest BCUT2D eigenvalue weighted by Crippen LogP contribution is 2.34. The van der Waals surface area contributed by atoms with Crippen LogP contribution in [0.2, 0.25) is 5.02 Å². The fourth-order valence-electron chi connectivity index (χ4n) is 2.62. The van der Waals surface area contributed by atoms with Crippen molar-refractivity contribution in [1.82, 2.24) is 5.32 Å². The summed E-state index contributed by atoms with van der Waals surface area (Å²) in [4.78, 5) is 0. The maximum atomic E-state index is 13.6. The van der Waals surface area contributed by atoms with E-state index < -0.39 is 0 Å². The van der Waals surface area contributed by atoms with Crippen molar-refractivity contribution in [1.29, 1.82) is 0 Å². The second-order valence-electron chi connectivity index (χ2n) is 5.05. The molecule has 0 aromatic heterocycles. The van der Waals surface area contributed by atoms with Crippen LogP contribution in [0.5, 0.6) is 0 Å². The molecule has 1 aliphatic rings. The third kappa shape index (κ3) is 3.68. The van der Waals surface area contributed by atoms with Gasteiger partial charge in [-0.1, -0.05) is 30.7 Å². The van der Waals surface area contributed by atoms with Gasteiger partial charge in [-0.2, -0.15) is 0 Å². The van der Waals surface area contributed by atoms with Gasteiger partial charge in [-0.05, 0) is 37.4 Å². The molecule has 0 radical (unpaired) electrons. The maximum Gasteiger partial charge on any atom is 0.142 e. The highest BCUT2D eigenvalue weighted by Gasteiger charge is 2.27. The summed E-state index contributed by atoms with van der Waals surface area (Å²) >= 11 is 6.13. The van der Waals surface area contributed by atoms with Crippen LogP contribution in [-0.2, 0) is 4.74 Å². The zero-order valence-electron chi connectivity index (χ0n) is 11.3. The van der Waals surface area contributed by atoms with Gasteiger partial charge in [-0.25, -0.2) is 4.39 Å². The maximum absolute atomic E-state index is 13.6. The quantitative estimate of drug-likeness (QED) is 0.884. The van der Waals surface area contributed by atoms with Crippen molar-refractivity contribution >= 4 is 11.6 Å². The Morgan fingerprint density at radius 1 is 1.53 bits per heavy atom. The SMILES string of the molecule is CCCNC(c1cccc(F)c1Cl)C1CCCOC1. The lowest BCUT2D eigenvalue weighted by Crippen LogP contribution is -2.34. The largest absolute Gasteiger partial charge is 0.381 e. The van der Waals surface area contributed by atoms with Crippen molar-refractivity contribution in [3.05, 3.63) is 34.6 Å². The molecule has 1 saturated heterocycles. The van der Waals surface area contributed by atoms with Gasteiger partial charge in [0, 0.05) is 18.6 Å². The van der Waals surface area contributed by atoms with Crippen LogP contribution < -0.4 is 5.32 Å². The summed E-state index contributed by atoms with van der Waals surface area (Å²) in [6.07, 6.45) is 3.19. The van der Waals surface area contributed by atoms with Crippen LogP contribution in [-0.4, -0.2) is 19.8 Å². The standard InChI is InChI=1S/C15H21ClFNO/c1-2-8-18-15(11-5-4-9-19-10-11)12-6-3-7-13(17)14(12)16/h3,6-7,11,15,18H,2,4-5,8-10H2,1H3. The number of nitrogens with one attached hydrogen (secondary N) is 1. The van der Waals surface area contributed by atoms with Crippen LogP contribution in [0.3, 0.4) is 0 Å². The second-order valence-corrected chi connectivity index (χ2v) is 5.43. The molecule has 1 aromatic carbocycles. The van der Waals surface area contributed by atoms with Crippen LogP contribution >= 0.6 is 11.6 Å². The average Bonchev–Trinajstić information content (AvgIpc) is 2.45. The summed E-state index contributed by atoms with van der Waals surface area (Å²) in [5, 5.41) is 3.73. The first kappa shape index (κ1) is 14.8. The smallest absolute Gasteiger partial charge is 0.142 e. The highest BCUT2D eigenvalue weighted by atomic mass is 35.5. The average molecular weight is 286 g/mol. The zero-order valence-corrected chi connectivity index (χ0v) is 12.0. The number of hydrogen-bond donors (Lipinski definition) is 1. The van der Waals surface area contributed by atoms with Crippen molar-refractivity contribution in [2.75, 3.05) is 19.8 Å². The van der Waals surface area contributed by atoms with Gasteiger partial charge in [-0.3, -0.25) is 0 Å². The Bertz CT molecular complexity index is 407. The summed E-state index contributed by atoms with van der Waals surface area (Å²) in [7, 11) is 0. The first-order valence-corrected chi connectivity index (χ1v) is 7.37. The summed E-state index contributed by atoms with van der Waals surface area (Å²) in [5.41, 5.74) is 0.852. The van der Waals surface area contributed by atoms with Gasteiger partial charge in [0.25, 0.3) is 0 Å². The van der Waals surface area contributed by atoms with Crippen molar-refractivity contribution in [3.8, 4) is 0 Å². The fraction of sp³-hybridized carbons (Fsp3) is 0.600. The lowest BCUT2D eigenvalue weighted by atomic mass is 9.88. The lowest BCUT2D eigenvalue weighted by Gasteiger charge is -2.32. The van der Waals surface area contributed by atoms with Gasteiger partial charge in [0.15, 0.2) is 0 Å². The van der Waals surface area contributed by atoms with Gasteiger partial charge in [-0.15, -0.1) is 0 Å². The van der Waals surface area contributed by atoms with Gasteiger partial charge in [0.2, 0.25) is 0 Å². The molecule has 0 spiro atoms. The lowest BCUT2D eigenvalue weighted by molar-refractivity contribution is 0.0390. The van der Waals surface area contributed by atoms with E-state index in [1.807, 2.05) is 6.07 Å². The Morgan fingerprint density at radius 2 is 2.37 bits per heavy atom. The first-order chi connectivity index (χ1) is 9.24. The minimum absolute atomic E-state index is 0.0726. The molecule has 2 nitrogen and oxygen atoms in total. The Labute approximate surface area is 119 Å². The third-order valence-corrected chi connectivity index (χ3v) is 4.00. The molecule has 2 rings (SSSR count). The van der Waals surface area contributed by atoms with Crippen molar-refractivity contribution in [3.63, 3.8) is 0 Å². The van der Waals surface area contributed by atoms with Crippen LogP contribution in [0.25, 0.3) is 0 Å². The minimum atomic E-state index is -0.348. The molecule has 1 heterocycles. The van der Waals surface area contributed by atoms with E-state index in [9.17, 15) is 4.39 Å².